The van der Waals surface area contributed by atoms with Crippen molar-refractivity contribution in [1.29, 1.82) is 0 Å². The lowest BCUT2D eigenvalue weighted by Crippen LogP contribution is -2.40. The molecule has 0 spiro atoms. The number of nitrogens with zero attached hydrogens (tertiary/aromatic N) is 1. The van der Waals surface area contributed by atoms with E-state index in [1.54, 1.807) is 6.20 Å². The lowest BCUT2D eigenvalue weighted by Gasteiger charge is -2.35. The van der Waals surface area contributed by atoms with Crippen LogP contribution in [0.5, 0.6) is 0 Å². The molecule has 0 bridgehead atoms. The highest BCUT2D eigenvalue weighted by atomic mass is 79.9. The number of hydrogen-bond donors (Lipinski definition) is 1. The van der Waals surface area contributed by atoms with E-state index in [-0.39, 0.29) is 0 Å². The summed E-state index contributed by atoms with van der Waals surface area (Å²) in [5.41, 5.74) is 1.07. The Morgan fingerprint density at radius 2 is 2.33 bits per heavy atom. The number of rotatable bonds is 4. The molecule has 0 aliphatic heterocycles. The Hall–Kier alpha value is -0.610. The Kier molecular flexibility index (Phi) is 3.59. The molecule has 1 saturated carbocycles. The Bertz CT molecular complexity index is 326. The fraction of sp³-hybridized carbons (Fsp3) is 0.545. The van der Waals surface area contributed by atoms with Crippen LogP contribution >= 0.6 is 15.9 Å². The van der Waals surface area contributed by atoms with Crippen LogP contribution in [0, 0.1) is 0 Å². The number of aromatic nitrogens is 1. The molecule has 0 aromatic carbocycles. The first-order valence-electron chi connectivity index (χ1n) is 5.26. The number of halogens is 1. The third kappa shape index (κ3) is 2.92. The normalized spacial score (nSPS) is 24.7. The first kappa shape index (κ1) is 10.9. The van der Waals surface area contributed by atoms with E-state index in [0.717, 1.165) is 29.6 Å². The van der Waals surface area contributed by atoms with Gasteiger partial charge in [0.1, 0.15) is 0 Å². The maximum absolute atomic E-state index is 5.50. The minimum absolute atomic E-state index is 0.451. The second-order valence-corrected chi connectivity index (χ2v) is 4.70. The quantitative estimate of drug-likeness (QED) is 0.914. The van der Waals surface area contributed by atoms with Gasteiger partial charge >= 0.3 is 0 Å². The molecule has 15 heavy (non-hydrogen) atoms. The van der Waals surface area contributed by atoms with Gasteiger partial charge < -0.3 is 10.1 Å². The van der Waals surface area contributed by atoms with Crippen molar-refractivity contribution >= 4 is 21.6 Å². The van der Waals surface area contributed by atoms with Crippen LogP contribution in [-0.2, 0) is 4.74 Å². The molecule has 1 aliphatic rings. The maximum Gasteiger partial charge on any atom is 0.0614 e. The minimum atomic E-state index is 0.451. The molecule has 2 rings (SSSR count). The highest BCUT2D eigenvalue weighted by molar-refractivity contribution is 9.10. The van der Waals surface area contributed by atoms with Gasteiger partial charge in [-0.05, 0) is 41.8 Å². The van der Waals surface area contributed by atoms with Crippen LogP contribution in [0.15, 0.2) is 22.9 Å². The highest BCUT2D eigenvalue weighted by Crippen LogP contribution is 2.27. The summed E-state index contributed by atoms with van der Waals surface area (Å²) >= 11 is 3.40. The van der Waals surface area contributed by atoms with Crippen molar-refractivity contribution in [2.45, 2.75) is 31.9 Å². The van der Waals surface area contributed by atoms with Crippen LogP contribution in [0.3, 0.4) is 0 Å². The van der Waals surface area contributed by atoms with Crippen molar-refractivity contribution in [3.05, 3.63) is 22.9 Å². The van der Waals surface area contributed by atoms with E-state index >= 15 is 0 Å². The predicted octanol–water partition coefficient (Wildman–Crippen LogP) is 2.82. The molecular formula is C11H15BrN2O. The third-order valence-electron chi connectivity index (χ3n) is 2.57. The van der Waals surface area contributed by atoms with Crippen molar-refractivity contribution in [1.82, 2.24) is 4.98 Å². The van der Waals surface area contributed by atoms with Gasteiger partial charge in [0.05, 0.1) is 18.0 Å². The van der Waals surface area contributed by atoms with Crippen LogP contribution in [0.25, 0.3) is 0 Å². The lowest BCUT2D eigenvalue weighted by atomic mass is 9.89. The summed E-state index contributed by atoms with van der Waals surface area (Å²) in [5.74, 6) is 0. The molecule has 0 saturated heterocycles. The average Bonchev–Trinajstić information content (AvgIpc) is 2.15. The first-order chi connectivity index (χ1) is 7.28. The van der Waals surface area contributed by atoms with Gasteiger partial charge in [-0.2, -0.15) is 0 Å². The van der Waals surface area contributed by atoms with Gasteiger partial charge in [0.25, 0.3) is 0 Å². The minimum Gasteiger partial charge on any atom is -0.381 e. The number of hydrogen-bond acceptors (Lipinski definition) is 3. The Labute approximate surface area is 98.4 Å². The van der Waals surface area contributed by atoms with Crippen LogP contribution in [0.2, 0.25) is 0 Å². The van der Waals surface area contributed by atoms with Gasteiger partial charge in [0.2, 0.25) is 0 Å². The van der Waals surface area contributed by atoms with Gasteiger partial charge in [0, 0.05) is 23.3 Å². The lowest BCUT2D eigenvalue weighted by molar-refractivity contribution is 0.00299. The molecule has 4 heteroatoms. The van der Waals surface area contributed by atoms with Gasteiger partial charge in [-0.25, -0.2) is 0 Å². The van der Waals surface area contributed by atoms with Crippen molar-refractivity contribution in [2.24, 2.45) is 0 Å². The van der Waals surface area contributed by atoms with E-state index in [0.29, 0.717) is 12.1 Å². The van der Waals surface area contributed by atoms with E-state index < -0.39 is 0 Å². The second-order valence-electron chi connectivity index (χ2n) is 3.78. The Morgan fingerprint density at radius 3 is 3.00 bits per heavy atom. The molecule has 82 valence electrons. The van der Waals surface area contributed by atoms with Crippen LogP contribution in [-0.4, -0.2) is 23.7 Å². The summed E-state index contributed by atoms with van der Waals surface area (Å²) in [7, 11) is 0. The number of nitrogens with one attached hydrogen (secondary N) is 1. The van der Waals surface area contributed by atoms with Crippen molar-refractivity contribution in [3.63, 3.8) is 0 Å². The summed E-state index contributed by atoms with van der Waals surface area (Å²) < 4.78 is 6.51. The van der Waals surface area contributed by atoms with Crippen molar-refractivity contribution in [3.8, 4) is 0 Å². The monoisotopic (exact) mass is 270 g/mol. The fourth-order valence-corrected chi connectivity index (χ4v) is 2.15. The smallest absolute Gasteiger partial charge is 0.0614 e. The number of pyridine rings is 1. The van der Waals surface area contributed by atoms with Crippen LogP contribution < -0.4 is 5.32 Å². The summed E-state index contributed by atoms with van der Waals surface area (Å²) in [6.45, 7) is 2.86. The van der Waals surface area contributed by atoms with Crippen LogP contribution in [0.1, 0.15) is 19.8 Å². The SMILES string of the molecule is CCOC1CC(Nc2cncc(Br)c2)C1. The molecule has 1 N–H and O–H groups in total. The summed E-state index contributed by atoms with van der Waals surface area (Å²) in [6.07, 6.45) is 6.28. The molecule has 1 aromatic rings. The number of ether oxygens (including phenoxy) is 1. The molecule has 0 atom stereocenters. The zero-order chi connectivity index (χ0) is 10.7. The van der Waals surface area contributed by atoms with Gasteiger partial charge in [-0.15, -0.1) is 0 Å². The zero-order valence-electron chi connectivity index (χ0n) is 8.74. The fourth-order valence-electron chi connectivity index (χ4n) is 1.78. The molecule has 1 heterocycles. The molecule has 1 aromatic heterocycles. The standard InChI is InChI=1S/C11H15BrN2O/c1-2-15-11-4-9(5-11)14-10-3-8(12)6-13-7-10/h3,6-7,9,11,14H,2,4-5H2,1H3. The molecule has 1 fully saturated rings. The van der Waals surface area contributed by atoms with E-state index in [9.17, 15) is 0 Å². The summed E-state index contributed by atoms with van der Waals surface area (Å²) in [6, 6.07) is 2.58. The van der Waals surface area contributed by atoms with E-state index in [2.05, 4.69) is 26.2 Å². The Balaban J connectivity index is 1.80. The summed E-state index contributed by atoms with van der Waals surface area (Å²) in [5, 5.41) is 3.44. The maximum atomic E-state index is 5.50. The third-order valence-corrected chi connectivity index (χ3v) is 3.01. The first-order valence-corrected chi connectivity index (χ1v) is 6.06. The zero-order valence-corrected chi connectivity index (χ0v) is 10.3. The molecular weight excluding hydrogens is 256 g/mol. The van der Waals surface area contributed by atoms with Crippen LogP contribution in [0.4, 0.5) is 5.69 Å². The van der Waals surface area contributed by atoms with E-state index in [1.807, 2.05) is 19.2 Å². The van der Waals surface area contributed by atoms with Gasteiger partial charge in [0.15, 0.2) is 0 Å². The summed E-state index contributed by atoms with van der Waals surface area (Å²) in [4.78, 5) is 4.11. The second kappa shape index (κ2) is 4.94. The molecule has 1 aliphatic carbocycles. The highest BCUT2D eigenvalue weighted by Gasteiger charge is 2.29. The van der Waals surface area contributed by atoms with Crippen molar-refractivity contribution in [2.75, 3.05) is 11.9 Å². The van der Waals surface area contributed by atoms with E-state index in [1.165, 1.54) is 0 Å². The topological polar surface area (TPSA) is 34.1 Å². The largest absolute Gasteiger partial charge is 0.381 e. The molecule has 3 nitrogen and oxygen atoms in total. The molecule has 0 amide bonds. The van der Waals surface area contributed by atoms with Gasteiger partial charge in [-0.3, -0.25) is 4.98 Å². The number of anilines is 1. The molecule has 0 unspecified atom stereocenters. The van der Waals surface area contributed by atoms with Gasteiger partial charge in [-0.1, -0.05) is 0 Å². The average molecular weight is 271 g/mol. The predicted molar refractivity (Wildman–Crippen MR) is 64.0 cm³/mol. The molecule has 0 radical (unpaired) electrons. The van der Waals surface area contributed by atoms with Crippen molar-refractivity contribution < 1.29 is 4.74 Å². The van der Waals surface area contributed by atoms with E-state index in [4.69, 9.17) is 4.74 Å². The Morgan fingerprint density at radius 1 is 1.53 bits per heavy atom.